The van der Waals surface area contributed by atoms with Gasteiger partial charge < -0.3 is 9.87 Å². The lowest BCUT2D eigenvalue weighted by molar-refractivity contribution is -0.130. The molecule has 0 aromatic carbocycles. The molecule has 0 bridgehead atoms. The third-order valence-electron chi connectivity index (χ3n) is 1.93. The number of carbonyl (C=O) groups is 2. The summed E-state index contributed by atoms with van der Waals surface area (Å²) in [5.41, 5.74) is -0.909. The van der Waals surface area contributed by atoms with Crippen molar-refractivity contribution in [3.63, 3.8) is 0 Å². The van der Waals surface area contributed by atoms with E-state index in [9.17, 15) is 13.8 Å². The van der Waals surface area contributed by atoms with Crippen LogP contribution in [-0.4, -0.2) is 43.4 Å². The van der Waals surface area contributed by atoms with Crippen LogP contribution < -0.4 is 5.32 Å². The summed E-state index contributed by atoms with van der Waals surface area (Å²) in [6.45, 7) is 3.14. The van der Waals surface area contributed by atoms with Crippen LogP contribution in [0.15, 0.2) is 0 Å². The third-order valence-corrected chi connectivity index (χ3v) is 2.47. The monoisotopic (exact) mass is 220 g/mol. The first-order valence-corrected chi connectivity index (χ1v) is 5.34. The zero-order chi connectivity index (χ0) is 10.9. The van der Waals surface area contributed by atoms with Gasteiger partial charge in [0.05, 0.1) is 5.75 Å². The molecule has 0 aromatic rings. The largest absolute Gasteiger partial charge is 0.325 e. The van der Waals surface area contributed by atoms with Gasteiger partial charge in [0.1, 0.15) is 5.54 Å². The molecule has 1 saturated heterocycles. The summed E-state index contributed by atoms with van der Waals surface area (Å²) in [5, 5.41) is 2.47. The van der Waals surface area contributed by atoms with E-state index < -0.39 is 22.7 Å². The van der Waals surface area contributed by atoms with E-state index >= 15 is 0 Å². The maximum atomic E-state index is 11.5. The third kappa shape index (κ3) is 2.10. The molecule has 0 spiro atoms. The van der Waals surface area contributed by atoms with Gasteiger partial charge in [-0.3, -0.25) is 9.69 Å². The molecule has 1 atom stereocenters. The van der Waals surface area contributed by atoms with Gasteiger partial charge in [0.15, 0.2) is 11.1 Å². The second kappa shape index (κ2) is 3.66. The molecule has 14 heavy (non-hydrogen) atoms. The van der Waals surface area contributed by atoms with Crippen molar-refractivity contribution in [1.82, 2.24) is 10.2 Å². The summed E-state index contributed by atoms with van der Waals surface area (Å²) >= 11 is -1.99. The molecule has 1 heterocycles. The van der Waals surface area contributed by atoms with E-state index in [1.807, 2.05) is 0 Å². The highest BCUT2D eigenvalue weighted by Crippen LogP contribution is 2.15. The minimum atomic E-state index is -1.99. The van der Waals surface area contributed by atoms with Crippen molar-refractivity contribution in [3.05, 3.63) is 0 Å². The Morgan fingerprint density at radius 3 is 2.43 bits per heavy atom. The van der Waals surface area contributed by atoms with Crippen LogP contribution in [0.5, 0.6) is 0 Å². The van der Waals surface area contributed by atoms with E-state index in [-0.39, 0.29) is 18.2 Å². The summed E-state index contributed by atoms with van der Waals surface area (Å²) < 4.78 is 18.9. The molecule has 6 nitrogen and oxygen atoms in total. The Bertz CT molecular complexity index is 302. The van der Waals surface area contributed by atoms with Crippen LogP contribution in [-0.2, 0) is 15.9 Å². The molecule has 2 N–H and O–H groups in total. The zero-order valence-corrected chi connectivity index (χ0v) is 8.76. The molecule has 0 saturated carbocycles. The summed E-state index contributed by atoms with van der Waals surface area (Å²) in [6.07, 6.45) is 0. The molecular weight excluding hydrogens is 208 g/mol. The number of rotatable bonds is 3. The van der Waals surface area contributed by atoms with E-state index in [1.54, 1.807) is 13.8 Å². The highest BCUT2D eigenvalue weighted by molar-refractivity contribution is 7.79. The number of hydrogen-bond donors (Lipinski definition) is 2. The molecule has 1 unspecified atom stereocenters. The Kier molecular flexibility index (Phi) is 2.91. The van der Waals surface area contributed by atoms with Crippen LogP contribution in [0.1, 0.15) is 13.8 Å². The highest BCUT2D eigenvalue weighted by atomic mass is 32.2. The number of carbonyl (C=O) groups excluding carboxylic acids is 2. The summed E-state index contributed by atoms with van der Waals surface area (Å²) in [5.74, 6) is -0.483. The highest BCUT2D eigenvalue weighted by Gasteiger charge is 2.43. The SMILES string of the molecule is CC1(C)NC(=O)N(CCS(=O)O)C1=O. The van der Waals surface area contributed by atoms with E-state index in [0.717, 1.165) is 4.90 Å². The number of urea groups is 1. The van der Waals surface area contributed by atoms with Gasteiger partial charge in [-0.05, 0) is 13.8 Å². The molecule has 1 rings (SSSR count). The second-order valence-corrected chi connectivity index (χ2v) is 4.59. The fourth-order valence-corrected chi connectivity index (χ4v) is 1.53. The Hall–Kier alpha value is -0.950. The minimum absolute atomic E-state index is 0.0305. The van der Waals surface area contributed by atoms with Crippen LogP contribution in [0.3, 0.4) is 0 Å². The van der Waals surface area contributed by atoms with E-state index in [2.05, 4.69) is 5.32 Å². The van der Waals surface area contributed by atoms with Crippen LogP contribution >= 0.6 is 0 Å². The average Bonchev–Trinajstić information content (AvgIpc) is 2.19. The van der Waals surface area contributed by atoms with Crippen molar-refractivity contribution < 1.29 is 18.4 Å². The fraction of sp³-hybridized carbons (Fsp3) is 0.714. The van der Waals surface area contributed by atoms with Crippen molar-refractivity contribution in [2.24, 2.45) is 0 Å². The van der Waals surface area contributed by atoms with Gasteiger partial charge in [-0.1, -0.05) is 0 Å². The molecule has 3 amide bonds. The standard InChI is InChI=1S/C7H12N2O4S/c1-7(2)5(10)9(6(11)8-7)3-4-14(12)13/h3-4H2,1-2H3,(H,8,11)(H,12,13). The van der Waals surface area contributed by atoms with Gasteiger partial charge in [0.25, 0.3) is 5.91 Å². The molecular formula is C7H12N2O4S. The summed E-state index contributed by atoms with van der Waals surface area (Å²) in [7, 11) is 0. The summed E-state index contributed by atoms with van der Waals surface area (Å²) in [6, 6.07) is -0.509. The van der Waals surface area contributed by atoms with Crippen molar-refractivity contribution in [2.75, 3.05) is 12.3 Å². The molecule has 1 aliphatic rings. The molecule has 0 aromatic heterocycles. The Morgan fingerprint density at radius 2 is 2.07 bits per heavy atom. The average molecular weight is 220 g/mol. The first-order chi connectivity index (χ1) is 6.34. The quantitative estimate of drug-likeness (QED) is 0.497. The van der Waals surface area contributed by atoms with Crippen LogP contribution in [0.4, 0.5) is 4.79 Å². The topological polar surface area (TPSA) is 86.7 Å². The summed E-state index contributed by atoms with van der Waals surface area (Å²) in [4.78, 5) is 23.7. The lowest BCUT2D eigenvalue weighted by atomic mass is 10.1. The van der Waals surface area contributed by atoms with Crippen molar-refractivity contribution in [2.45, 2.75) is 19.4 Å². The molecule has 7 heteroatoms. The van der Waals surface area contributed by atoms with Gasteiger partial charge in [-0.25, -0.2) is 9.00 Å². The molecule has 0 radical (unpaired) electrons. The predicted octanol–water partition coefficient (Wildman–Crippen LogP) is -0.462. The van der Waals surface area contributed by atoms with E-state index in [1.165, 1.54) is 0 Å². The number of hydrogen-bond acceptors (Lipinski definition) is 3. The van der Waals surface area contributed by atoms with Crippen LogP contribution in [0.25, 0.3) is 0 Å². The number of imide groups is 1. The maximum absolute atomic E-state index is 11.5. The van der Waals surface area contributed by atoms with Crippen LogP contribution in [0.2, 0.25) is 0 Å². The lowest BCUT2D eigenvalue weighted by Gasteiger charge is -2.14. The zero-order valence-electron chi connectivity index (χ0n) is 7.94. The smallest absolute Gasteiger partial charge is 0.324 e. The molecule has 1 aliphatic heterocycles. The van der Waals surface area contributed by atoms with Crippen molar-refractivity contribution in [1.29, 1.82) is 0 Å². The first-order valence-electron chi connectivity index (χ1n) is 4.06. The fourth-order valence-electron chi connectivity index (χ4n) is 1.19. The van der Waals surface area contributed by atoms with E-state index in [4.69, 9.17) is 4.55 Å². The van der Waals surface area contributed by atoms with Gasteiger partial charge in [0.2, 0.25) is 0 Å². The number of amides is 3. The van der Waals surface area contributed by atoms with Crippen molar-refractivity contribution >= 4 is 23.0 Å². The maximum Gasteiger partial charge on any atom is 0.325 e. The van der Waals surface area contributed by atoms with Gasteiger partial charge in [0, 0.05) is 6.54 Å². The van der Waals surface area contributed by atoms with Gasteiger partial charge in [-0.2, -0.15) is 0 Å². The molecule has 80 valence electrons. The van der Waals surface area contributed by atoms with Crippen LogP contribution in [0, 0.1) is 0 Å². The van der Waals surface area contributed by atoms with E-state index in [0.29, 0.717) is 0 Å². The normalized spacial score (nSPS) is 22.4. The Balaban J connectivity index is 2.67. The van der Waals surface area contributed by atoms with Crippen molar-refractivity contribution in [3.8, 4) is 0 Å². The number of nitrogens with zero attached hydrogens (tertiary/aromatic N) is 1. The number of nitrogens with one attached hydrogen (secondary N) is 1. The Labute approximate surface area is 83.9 Å². The first kappa shape index (κ1) is 11.1. The predicted molar refractivity (Wildman–Crippen MR) is 50.0 cm³/mol. The lowest BCUT2D eigenvalue weighted by Crippen LogP contribution is -2.40. The Morgan fingerprint density at radius 1 is 1.50 bits per heavy atom. The molecule has 0 aliphatic carbocycles. The second-order valence-electron chi connectivity index (χ2n) is 3.54. The minimum Gasteiger partial charge on any atom is -0.324 e. The molecule has 1 fully saturated rings. The van der Waals surface area contributed by atoms with Gasteiger partial charge in [-0.15, -0.1) is 0 Å². The van der Waals surface area contributed by atoms with Gasteiger partial charge >= 0.3 is 6.03 Å².